The second-order valence-electron chi connectivity index (χ2n) is 6.13. The number of aromatic nitrogens is 2. The number of nitrogens with two attached hydrogens (primary N) is 1. The number of aliphatic imine (C=N–C) groups is 1. The van der Waals surface area contributed by atoms with Crippen LogP contribution < -0.4 is 10.5 Å². The predicted octanol–water partition coefficient (Wildman–Crippen LogP) is 2.74. The molecule has 0 saturated carbocycles. The van der Waals surface area contributed by atoms with Gasteiger partial charge in [-0.05, 0) is 23.8 Å². The Kier molecular flexibility index (Phi) is 4.25. The fraction of sp³-hybridized carbons (Fsp3) is 0.100. The fourth-order valence-electron chi connectivity index (χ4n) is 2.98. The Hall–Kier alpha value is -3.74. The van der Waals surface area contributed by atoms with E-state index in [2.05, 4.69) is 15.0 Å². The minimum Gasteiger partial charge on any atom is -0.457 e. The van der Waals surface area contributed by atoms with E-state index >= 15 is 0 Å². The first-order chi connectivity index (χ1) is 13.2. The van der Waals surface area contributed by atoms with Crippen LogP contribution in [0.1, 0.15) is 17.2 Å². The Morgan fingerprint density at radius 2 is 1.85 bits per heavy atom. The highest BCUT2D eigenvalue weighted by molar-refractivity contribution is 5.87. The van der Waals surface area contributed by atoms with Crippen molar-refractivity contribution in [3.8, 4) is 22.6 Å². The largest absolute Gasteiger partial charge is 0.457 e. The lowest BCUT2D eigenvalue weighted by Crippen LogP contribution is -2.33. The third-order valence-corrected chi connectivity index (χ3v) is 4.41. The van der Waals surface area contributed by atoms with Crippen LogP contribution >= 0.6 is 0 Å². The summed E-state index contributed by atoms with van der Waals surface area (Å²) in [6.07, 6.45) is 5.62. The molecule has 1 aliphatic heterocycles. The van der Waals surface area contributed by atoms with Crippen LogP contribution in [0.3, 0.4) is 0 Å². The van der Waals surface area contributed by atoms with Crippen molar-refractivity contribution in [2.45, 2.75) is 6.04 Å². The summed E-state index contributed by atoms with van der Waals surface area (Å²) in [5, 5.41) is 0. The number of nitrogens with zero attached hydrogens (tertiary/aromatic N) is 4. The summed E-state index contributed by atoms with van der Waals surface area (Å²) in [5.74, 6) is 1.55. The van der Waals surface area contributed by atoms with Gasteiger partial charge in [0.25, 0.3) is 0 Å². The maximum atomic E-state index is 11.0. The Morgan fingerprint density at radius 3 is 2.63 bits per heavy atom. The lowest BCUT2D eigenvalue weighted by Gasteiger charge is -2.27. The Morgan fingerprint density at radius 1 is 1.11 bits per heavy atom. The summed E-state index contributed by atoms with van der Waals surface area (Å²) >= 11 is 0. The van der Waals surface area contributed by atoms with E-state index in [1.165, 1.54) is 11.2 Å². The number of carbonyl (C=O) groups excluding carboxylic acids is 1. The second kappa shape index (κ2) is 6.87. The molecule has 2 aromatic carbocycles. The number of hydrogen-bond acceptors (Lipinski definition) is 5. The van der Waals surface area contributed by atoms with Gasteiger partial charge in [0.15, 0.2) is 5.96 Å². The number of benzene rings is 2. The van der Waals surface area contributed by atoms with Gasteiger partial charge < -0.3 is 10.5 Å². The number of carbonyl (C=O) groups is 1. The summed E-state index contributed by atoms with van der Waals surface area (Å²) in [4.78, 5) is 25.0. The van der Waals surface area contributed by atoms with Gasteiger partial charge in [-0.25, -0.2) is 15.0 Å². The molecule has 1 aliphatic rings. The number of ether oxygens (including phenoxy) is 1. The molecule has 1 amide bonds. The monoisotopic (exact) mass is 359 g/mol. The summed E-state index contributed by atoms with van der Waals surface area (Å²) in [6, 6.07) is 13.1. The van der Waals surface area contributed by atoms with Crippen molar-refractivity contribution in [1.82, 2.24) is 14.9 Å². The highest BCUT2D eigenvalue weighted by atomic mass is 16.5. The average molecular weight is 359 g/mol. The summed E-state index contributed by atoms with van der Waals surface area (Å²) in [7, 11) is 1.57. The fourth-order valence-corrected chi connectivity index (χ4v) is 2.98. The second-order valence-corrected chi connectivity index (χ2v) is 6.13. The zero-order chi connectivity index (χ0) is 18.8. The molecule has 4 rings (SSSR count). The smallest absolute Gasteiger partial charge is 0.216 e. The van der Waals surface area contributed by atoms with Crippen LogP contribution in [0.4, 0.5) is 0 Å². The van der Waals surface area contributed by atoms with Crippen molar-refractivity contribution in [2.75, 3.05) is 7.05 Å². The van der Waals surface area contributed by atoms with Gasteiger partial charge in [-0.3, -0.25) is 9.69 Å². The Bertz CT molecular complexity index is 1020. The molecule has 27 heavy (non-hydrogen) atoms. The molecule has 0 saturated heterocycles. The highest BCUT2D eigenvalue weighted by Gasteiger charge is 2.28. The van der Waals surface area contributed by atoms with Crippen LogP contribution in [-0.2, 0) is 4.79 Å². The standard InChI is InChI=1S/C20H17N5O2/c1-25(12-26)20(21)24-19-15-4-2-3-5-17(15)27-18-7-6-13(8-16(18)19)14-9-22-11-23-10-14/h2-12,19H,1H3,(H2,21,24). The van der Waals surface area contributed by atoms with Gasteiger partial charge in [-0.2, -0.15) is 0 Å². The molecule has 7 heteroatoms. The number of guanidine groups is 1. The zero-order valence-electron chi connectivity index (χ0n) is 14.6. The van der Waals surface area contributed by atoms with Gasteiger partial charge in [0.05, 0.1) is 0 Å². The molecule has 0 bridgehead atoms. The minimum absolute atomic E-state index is 0.131. The molecule has 3 aromatic rings. The van der Waals surface area contributed by atoms with Crippen LogP contribution in [0.5, 0.6) is 11.5 Å². The van der Waals surface area contributed by atoms with E-state index in [-0.39, 0.29) is 5.96 Å². The van der Waals surface area contributed by atoms with Crippen molar-refractivity contribution in [3.05, 3.63) is 72.3 Å². The van der Waals surface area contributed by atoms with Gasteiger partial charge in [0.1, 0.15) is 23.9 Å². The first-order valence-electron chi connectivity index (χ1n) is 8.35. The maximum absolute atomic E-state index is 11.0. The number of para-hydroxylation sites is 1. The summed E-state index contributed by atoms with van der Waals surface area (Å²) in [6.45, 7) is 0. The van der Waals surface area contributed by atoms with Crippen LogP contribution in [0.15, 0.2) is 66.2 Å². The van der Waals surface area contributed by atoms with Gasteiger partial charge in [0.2, 0.25) is 6.41 Å². The van der Waals surface area contributed by atoms with Crippen molar-refractivity contribution in [3.63, 3.8) is 0 Å². The molecule has 134 valence electrons. The van der Waals surface area contributed by atoms with Crippen molar-refractivity contribution >= 4 is 12.4 Å². The molecule has 0 spiro atoms. The van der Waals surface area contributed by atoms with Gasteiger partial charge >= 0.3 is 0 Å². The first kappa shape index (κ1) is 16.7. The van der Waals surface area contributed by atoms with Gasteiger partial charge in [-0.15, -0.1) is 0 Å². The zero-order valence-corrected chi connectivity index (χ0v) is 14.6. The first-order valence-corrected chi connectivity index (χ1v) is 8.35. The Balaban J connectivity index is 1.86. The number of amides is 1. The summed E-state index contributed by atoms with van der Waals surface area (Å²) < 4.78 is 6.04. The number of hydrogen-bond donors (Lipinski definition) is 1. The molecule has 1 aromatic heterocycles. The SMILES string of the molecule is CN(C=O)C(N)=NC1c2ccccc2Oc2ccc(-c3cncnc3)cc21. The van der Waals surface area contributed by atoms with Crippen molar-refractivity contribution in [1.29, 1.82) is 0 Å². The molecule has 2 N–H and O–H groups in total. The van der Waals surface area contributed by atoms with Crippen molar-refractivity contribution in [2.24, 2.45) is 10.7 Å². The molecule has 7 nitrogen and oxygen atoms in total. The van der Waals surface area contributed by atoms with E-state index in [1.54, 1.807) is 19.4 Å². The van der Waals surface area contributed by atoms with Crippen LogP contribution in [-0.4, -0.2) is 34.3 Å². The average Bonchev–Trinajstić information content (AvgIpc) is 2.73. The Labute approximate surface area is 156 Å². The lowest BCUT2D eigenvalue weighted by atomic mass is 9.92. The maximum Gasteiger partial charge on any atom is 0.216 e. The van der Waals surface area contributed by atoms with Crippen LogP contribution in [0.25, 0.3) is 11.1 Å². The summed E-state index contributed by atoms with van der Waals surface area (Å²) in [5.41, 5.74) is 9.58. The van der Waals surface area contributed by atoms with Crippen LogP contribution in [0.2, 0.25) is 0 Å². The third kappa shape index (κ3) is 3.10. The molecule has 1 atom stereocenters. The number of fused-ring (bicyclic) bond motifs is 2. The molecule has 0 radical (unpaired) electrons. The lowest BCUT2D eigenvalue weighted by molar-refractivity contribution is -0.114. The van der Waals surface area contributed by atoms with Crippen LogP contribution in [0, 0.1) is 0 Å². The minimum atomic E-state index is -0.392. The molecule has 0 aliphatic carbocycles. The van der Waals surface area contributed by atoms with E-state index in [1.807, 2.05) is 42.5 Å². The molecule has 0 fully saturated rings. The van der Waals surface area contributed by atoms with E-state index in [0.29, 0.717) is 12.2 Å². The quantitative estimate of drug-likeness (QED) is 0.441. The van der Waals surface area contributed by atoms with E-state index in [4.69, 9.17) is 10.5 Å². The molecule has 1 unspecified atom stereocenters. The van der Waals surface area contributed by atoms with E-state index in [9.17, 15) is 4.79 Å². The third-order valence-electron chi connectivity index (χ3n) is 4.41. The van der Waals surface area contributed by atoms with E-state index < -0.39 is 6.04 Å². The van der Waals surface area contributed by atoms with Crippen molar-refractivity contribution < 1.29 is 9.53 Å². The van der Waals surface area contributed by atoms with E-state index in [0.717, 1.165) is 28.0 Å². The highest BCUT2D eigenvalue weighted by Crippen LogP contribution is 2.45. The van der Waals surface area contributed by atoms with Gasteiger partial charge in [0, 0.05) is 36.1 Å². The molecular weight excluding hydrogens is 342 g/mol. The number of rotatable bonds is 3. The topological polar surface area (TPSA) is 93.7 Å². The van der Waals surface area contributed by atoms with Gasteiger partial charge in [-0.1, -0.05) is 24.3 Å². The predicted molar refractivity (Wildman–Crippen MR) is 101 cm³/mol. The molecular formula is C20H17N5O2. The normalized spacial score (nSPS) is 15.3. The molecule has 2 heterocycles.